The quantitative estimate of drug-likeness (QED) is 0.555. The van der Waals surface area contributed by atoms with E-state index < -0.39 is 0 Å². The summed E-state index contributed by atoms with van der Waals surface area (Å²) in [6, 6.07) is 0.593. The van der Waals surface area contributed by atoms with Gasteiger partial charge in [0, 0.05) is 5.70 Å². The molecule has 0 aromatic rings. The van der Waals surface area contributed by atoms with E-state index in [1.807, 2.05) is 6.34 Å². The van der Waals surface area contributed by atoms with Gasteiger partial charge < -0.3 is 5.32 Å². The second-order valence-corrected chi connectivity index (χ2v) is 4.69. The van der Waals surface area contributed by atoms with E-state index in [9.17, 15) is 0 Å². The van der Waals surface area contributed by atoms with Crippen molar-refractivity contribution >= 4 is 6.34 Å². The molecule has 0 unspecified atom stereocenters. The molecule has 0 atom stereocenters. The van der Waals surface area contributed by atoms with Gasteiger partial charge in [-0.3, -0.25) is 4.99 Å². The number of nitrogens with one attached hydrogen (secondary N) is 1. The van der Waals surface area contributed by atoms with E-state index in [4.69, 9.17) is 0 Å². The van der Waals surface area contributed by atoms with Crippen molar-refractivity contribution in [2.24, 2.45) is 4.99 Å². The summed E-state index contributed by atoms with van der Waals surface area (Å²) in [5, 5.41) is 3.34. The van der Waals surface area contributed by atoms with Crippen molar-refractivity contribution < 1.29 is 0 Å². The molecule has 2 nitrogen and oxygen atoms in total. The summed E-state index contributed by atoms with van der Waals surface area (Å²) in [5.41, 5.74) is 1.38. The summed E-state index contributed by atoms with van der Waals surface area (Å²) < 4.78 is 0. The topological polar surface area (TPSA) is 24.4 Å². The molecule has 0 bridgehead atoms. The van der Waals surface area contributed by atoms with Gasteiger partial charge in [0.05, 0.1) is 12.4 Å². The van der Waals surface area contributed by atoms with Crippen LogP contribution in [0.2, 0.25) is 0 Å². The summed E-state index contributed by atoms with van der Waals surface area (Å²) in [4.78, 5) is 4.60. The maximum Gasteiger partial charge on any atom is 0.0868 e. The van der Waals surface area contributed by atoms with Crippen LogP contribution in [-0.4, -0.2) is 12.4 Å². The van der Waals surface area contributed by atoms with Crippen LogP contribution in [0.15, 0.2) is 16.8 Å². The van der Waals surface area contributed by atoms with Crippen LogP contribution in [0.5, 0.6) is 0 Å². The zero-order chi connectivity index (χ0) is 10.3. The zero-order valence-electron chi connectivity index (χ0n) is 9.54. The van der Waals surface area contributed by atoms with Crippen LogP contribution in [0, 0.1) is 0 Å². The first-order valence-electron chi connectivity index (χ1n) is 6.42. The Morgan fingerprint density at radius 2 is 2.00 bits per heavy atom. The minimum absolute atomic E-state index is 0.593. The Balaban J connectivity index is 1.71. The molecule has 0 aromatic carbocycles. The molecule has 0 heterocycles. The van der Waals surface area contributed by atoms with Crippen molar-refractivity contribution in [3.63, 3.8) is 0 Å². The molecule has 1 saturated carbocycles. The smallest absolute Gasteiger partial charge is 0.0868 e. The van der Waals surface area contributed by atoms with Crippen molar-refractivity contribution in [2.45, 2.75) is 63.8 Å². The van der Waals surface area contributed by atoms with Crippen LogP contribution in [-0.2, 0) is 0 Å². The molecule has 1 N–H and O–H groups in total. The van der Waals surface area contributed by atoms with Crippen molar-refractivity contribution in [3.05, 3.63) is 11.8 Å². The van der Waals surface area contributed by atoms with Crippen LogP contribution < -0.4 is 5.32 Å². The lowest BCUT2D eigenvalue weighted by Crippen LogP contribution is -2.16. The molecule has 0 saturated heterocycles. The summed E-state index contributed by atoms with van der Waals surface area (Å²) in [6.45, 7) is 0. The van der Waals surface area contributed by atoms with Gasteiger partial charge in [-0.25, -0.2) is 0 Å². The van der Waals surface area contributed by atoms with E-state index in [0.717, 1.165) is 0 Å². The largest absolute Gasteiger partial charge is 0.350 e. The van der Waals surface area contributed by atoms with Crippen LogP contribution in [0.4, 0.5) is 0 Å². The van der Waals surface area contributed by atoms with Gasteiger partial charge in [0.25, 0.3) is 0 Å². The predicted octanol–water partition coefficient (Wildman–Crippen LogP) is 3.39. The Bertz CT molecular complexity index is 237. The third-order valence-electron chi connectivity index (χ3n) is 3.40. The molecule has 0 aromatic heterocycles. The molecule has 0 aliphatic heterocycles. The van der Waals surface area contributed by atoms with Crippen molar-refractivity contribution in [3.8, 4) is 0 Å². The first kappa shape index (κ1) is 10.7. The molecule has 15 heavy (non-hydrogen) atoms. The molecule has 2 rings (SSSR count). The number of aliphatic imine (C=N–C) groups is 1. The Morgan fingerprint density at radius 3 is 2.73 bits per heavy atom. The third-order valence-corrected chi connectivity index (χ3v) is 3.40. The highest BCUT2D eigenvalue weighted by Crippen LogP contribution is 2.20. The molecule has 2 aliphatic carbocycles. The zero-order valence-corrected chi connectivity index (χ0v) is 9.54. The summed E-state index contributed by atoms with van der Waals surface area (Å²) in [5.74, 6) is 0. The van der Waals surface area contributed by atoms with E-state index in [2.05, 4.69) is 16.4 Å². The Labute approximate surface area is 92.9 Å². The van der Waals surface area contributed by atoms with Gasteiger partial charge in [-0.2, -0.15) is 0 Å². The standard InChI is InChI=1S/C13H22N2/c1-3-7-12(8-4-1)14-11-15-13-9-5-2-6-10-13/h7,11,13H,1-6,8-10H2,(H,14,15). The average molecular weight is 206 g/mol. The average Bonchev–Trinajstić information content (AvgIpc) is 2.32. The first-order chi connectivity index (χ1) is 7.45. The van der Waals surface area contributed by atoms with Gasteiger partial charge in [-0.1, -0.05) is 25.3 Å². The fourth-order valence-electron chi connectivity index (χ4n) is 2.42. The lowest BCUT2D eigenvalue weighted by Gasteiger charge is -2.17. The van der Waals surface area contributed by atoms with Gasteiger partial charge in [0.1, 0.15) is 0 Å². The highest BCUT2D eigenvalue weighted by atomic mass is 15.0. The normalized spacial score (nSPS) is 24.1. The monoisotopic (exact) mass is 206 g/mol. The molecule has 84 valence electrons. The van der Waals surface area contributed by atoms with Gasteiger partial charge in [0.15, 0.2) is 0 Å². The van der Waals surface area contributed by atoms with E-state index in [1.54, 1.807) is 0 Å². The highest BCUT2D eigenvalue weighted by molar-refractivity contribution is 5.57. The lowest BCUT2D eigenvalue weighted by molar-refractivity contribution is 0.443. The maximum absolute atomic E-state index is 4.60. The Hall–Kier alpha value is -0.790. The number of rotatable bonds is 3. The molecule has 0 amide bonds. The second-order valence-electron chi connectivity index (χ2n) is 4.69. The van der Waals surface area contributed by atoms with Gasteiger partial charge in [0.2, 0.25) is 0 Å². The minimum Gasteiger partial charge on any atom is -0.350 e. The summed E-state index contributed by atoms with van der Waals surface area (Å²) in [7, 11) is 0. The van der Waals surface area contributed by atoms with Crippen LogP contribution in [0.25, 0.3) is 0 Å². The number of nitrogens with zero attached hydrogens (tertiary/aromatic N) is 1. The van der Waals surface area contributed by atoms with Gasteiger partial charge >= 0.3 is 0 Å². The summed E-state index contributed by atoms with van der Waals surface area (Å²) in [6.07, 6.45) is 16.1. The highest BCUT2D eigenvalue weighted by Gasteiger charge is 2.10. The maximum atomic E-state index is 4.60. The number of hydrogen-bond acceptors (Lipinski definition) is 1. The van der Waals surface area contributed by atoms with E-state index in [-0.39, 0.29) is 0 Å². The Morgan fingerprint density at radius 1 is 1.13 bits per heavy atom. The molecule has 1 fully saturated rings. The first-order valence-corrected chi connectivity index (χ1v) is 6.42. The van der Waals surface area contributed by atoms with Crippen molar-refractivity contribution in [1.29, 1.82) is 0 Å². The van der Waals surface area contributed by atoms with Gasteiger partial charge in [-0.05, 0) is 38.5 Å². The summed E-state index contributed by atoms with van der Waals surface area (Å²) >= 11 is 0. The van der Waals surface area contributed by atoms with Crippen LogP contribution in [0.1, 0.15) is 57.8 Å². The van der Waals surface area contributed by atoms with Crippen LogP contribution in [0.3, 0.4) is 0 Å². The van der Waals surface area contributed by atoms with Crippen molar-refractivity contribution in [2.75, 3.05) is 0 Å². The van der Waals surface area contributed by atoms with E-state index in [1.165, 1.54) is 63.5 Å². The lowest BCUT2D eigenvalue weighted by atomic mass is 9.96. The van der Waals surface area contributed by atoms with Crippen molar-refractivity contribution in [1.82, 2.24) is 5.32 Å². The number of hydrogen-bond donors (Lipinski definition) is 1. The molecule has 2 aliphatic rings. The third kappa shape index (κ3) is 3.69. The van der Waals surface area contributed by atoms with E-state index >= 15 is 0 Å². The second kappa shape index (κ2) is 5.94. The SMILES string of the molecule is C(=NC1CCCCC1)NC1=CCCCC1. The predicted molar refractivity (Wildman–Crippen MR) is 65.1 cm³/mol. The minimum atomic E-state index is 0.593. The molecule has 0 spiro atoms. The fourth-order valence-corrected chi connectivity index (χ4v) is 2.42. The molecular formula is C13H22N2. The molecule has 0 radical (unpaired) electrons. The van der Waals surface area contributed by atoms with Gasteiger partial charge in [-0.15, -0.1) is 0 Å². The number of allylic oxidation sites excluding steroid dienone is 2. The van der Waals surface area contributed by atoms with Crippen LogP contribution >= 0.6 is 0 Å². The molecule has 2 heteroatoms. The van der Waals surface area contributed by atoms with E-state index in [0.29, 0.717) is 6.04 Å². The molecular weight excluding hydrogens is 184 g/mol. The fraction of sp³-hybridized carbons (Fsp3) is 0.769. The Kier molecular flexibility index (Phi) is 4.24.